The summed E-state index contributed by atoms with van der Waals surface area (Å²) in [5, 5.41) is 3.47. The molecule has 1 nitrogen and oxygen atoms in total. The van der Waals surface area contributed by atoms with Crippen LogP contribution in [0.3, 0.4) is 0 Å². The van der Waals surface area contributed by atoms with Crippen LogP contribution in [0, 0.1) is 0 Å². The molecule has 0 aromatic heterocycles. The number of benzene rings is 1. The molecular formula is C12H14ClN. The smallest absolute Gasteiger partial charge is 0.0328 e. The predicted octanol–water partition coefficient (Wildman–Crippen LogP) is 3.02. The van der Waals surface area contributed by atoms with E-state index in [1.54, 1.807) is 5.54 Å². The van der Waals surface area contributed by atoms with Gasteiger partial charge in [-0.15, -0.1) is 0 Å². The number of halogens is 1. The van der Waals surface area contributed by atoms with E-state index in [0.717, 1.165) is 6.54 Å². The molecule has 0 aliphatic heterocycles. The Morgan fingerprint density at radius 1 is 1.43 bits per heavy atom. The fourth-order valence-electron chi connectivity index (χ4n) is 2.02. The number of aryl methyl sites for hydroxylation is 1. The summed E-state index contributed by atoms with van der Waals surface area (Å²) in [6.07, 6.45) is 4.33. The van der Waals surface area contributed by atoms with Crippen LogP contribution in [0.2, 0.25) is 0 Å². The average Bonchev–Trinajstić information content (AvgIpc) is 2.63. The van der Waals surface area contributed by atoms with E-state index in [2.05, 4.69) is 29.6 Å². The highest BCUT2D eigenvalue weighted by molar-refractivity contribution is 6.25. The van der Waals surface area contributed by atoms with Gasteiger partial charge in [-0.1, -0.05) is 41.9 Å². The molecule has 2 heteroatoms. The largest absolute Gasteiger partial charge is 0.306 e. The molecule has 1 aliphatic carbocycles. The molecule has 0 bridgehead atoms. The number of hydrogen-bond donors (Lipinski definition) is 1. The summed E-state index contributed by atoms with van der Waals surface area (Å²) >= 11 is 5.47. The van der Waals surface area contributed by atoms with Crippen molar-refractivity contribution in [3.05, 3.63) is 47.0 Å². The van der Waals surface area contributed by atoms with E-state index in [9.17, 15) is 0 Å². The fraction of sp³-hybridized carbons (Fsp3) is 0.333. The molecule has 74 valence electrons. The molecule has 1 aromatic rings. The lowest BCUT2D eigenvalue weighted by Crippen LogP contribution is -2.18. The molecule has 0 unspecified atom stereocenters. The van der Waals surface area contributed by atoms with Crippen molar-refractivity contribution in [1.82, 2.24) is 5.32 Å². The van der Waals surface area contributed by atoms with Gasteiger partial charge < -0.3 is 5.32 Å². The van der Waals surface area contributed by atoms with Crippen LogP contribution in [-0.4, -0.2) is 6.54 Å². The molecule has 1 aliphatic rings. The Balaban J connectivity index is 2.03. The predicted molar refractivity (Wildman–Crippen MR) is 60.5 cm³/mol. The zero-order valence-electron chi connectivity index (χ0n) is 8.04. The standard InChI is InChI=1S/C12H14ClN/c13-8-3-9-14-12-7-6-10-4-1-2-5-11(10)12/h1-5,8,12,14H,6-7,9H2/b8-3-/t12-/m0/s1. The van der Waals surface area contributed by atoms with Gasteiger partial charge in [-0.2, -0.15) is 0 Å². The Morgan fingerprint density at radius 2 is 2.29 bits per heavy atom. The van der Waals surface area contributed by atoms with Crippen LogP contribution in [0.4, 0.5) is 0 Å². The summed E-state index contributed by atoms with van der Waals surface area (Å²) in [5.41, 5.74) is 4.50. The van der Waals surface area contributed by atoms with E-state index >= 15 is 0 Å². The first-order valence-corrected chi connectivity index (χ1v) is 5.42. The van der Waals surface area contributed by atoms with Crippen LogP contribution in [-0.2, 0) is 6.42 Å². The van der Waals surface area contributed by atoms with Crippen LogP contribution in [0.25, 0.3) is 0 Å². The molecule has 0 heterocycles. The molecule has 0 spiro atoms. The molecule has 0 saturated heterocycles. The van der Waals surface area contributed by atoms with Crippen molar-refractivity contribution >= 4 is 11.6 Å². The Bertz CT molecular complexity index is 333. The molecule has 0 amide bonds. The van der Waals surface area contributed by atoms with Crippen LogP contribution in [0.5, 0.6) is 0 Å². The minimum absolute atomic E-state index is 0.513. The van der Waals surface area contributed by atoms with E-state index in [1.165, 1.54) is 24.0 Å². The van der Waals surface area contributed by atoms with Gasteiger partial charge in [0.2, 0.25) is 0 Å². The highest BCUT2D eigenvalue weighted by atomic mass is 35.5. The molecule has 0 radical (unpaired) electrons. The molecule has 2 rings (SSSR count). The van der Waals surface area contributed by atoms with Gasteiger partial charge in [0.1, 0.15) is 0 Å². The Hall–Kier alpha value is -0.790. The van der Waals surface area contributed by atoms with Crippen molar-refractivity contribution in [2.75, 3.05) is 6.54 Å². The third kappa shape index (κ3) is 1.99. The minimum atomic E-state index is 0.513. The second kappa shape index (κ2) is 4.63. The van der Waals surface area contributed by atoms with Gasteiger partial charge in [-0.25, -0.2) is 0 Å². The summed E-state index contributed by atoms with van der Waals surface area (Å²) in [5.74, 6) is 0. The molecule has 1 aromatic carbocycles. The summed E-state index contributed by atoms with van der Waals surface area (Å²) in [7, 11) is 0. The lowest BCUT2D eigenvalue weighted by Gasteiger charge is -2.11. The second-order valence-electron chi connectivity index (χ2n) is 3.56. The van der Waals surface area contributed by atoms with Crippen LogP contribution in [0.15, 0.2) is 35.9 Å². The van der Waals surface area contributed by atoms with Crippen molar-refractivity contribution in [2.24, 2.45) is 0 Å². The number of fused-ring (bicyclic) bond motifs is 1. The number of rotatable bonds is 3. The minimum Gasteiger partial charge on any atom is -0.306 e. The van der Waals surface area contributed by atoms with Gasteiger partial charge in [0, 0.05) is 18.1 Å². The third-order valence-electron chi connectivity index (χ3n) is 2.70. The van der Waals surface area contributed by atoms with Crippen molar-refractivity contribution in [3.8, 4) is 0 Å². The van der Waals surface area contributed by atoms with E-state index in [-0.39, 0.29) is 0 Å². The zero-order chi connectivity index (χ0) is 9.80. The topological polar surface area (TPSA) is 12.0 Å². The first-order chi connectivity index (χ1) is 6.92. The van der Waals surface area contributed by atoms with Crippen molar-refractivity contribution in [3.63, 3.8) is 0 Å². The summed E-state index contributed by atoms with van der Waals surface area (Å²) in [6.45, 7) is 0.850. The first kappa shape index (κ1) is 9.75. The Kier molecular flexibility index (Phi) is 3.22. The van der Waals surface area contributed by atoms with Crippen molar-refractivity contribution < 1.29 is 0 Å². The van der Waals surface area contributed by atoms with Gasteiger partial charge in [0.05, 0.1) is 0 Å². The number of hydrogen-bond acceptors (Lipinski definition) is 1. The van der Waals surface area contributed by atoms with Crippen molar-refractivity contribution in [2.45, 2.75) is 18.9 Å². The van der Waals surface area contributed by atoms with E-state index < -0.39 is 0 Å². The maximum Gasteiger partial charge on any atom is 0.0328 e. The van der Waals surface area contributed by atoms with E-state index in [1.807, 2.05) is 6.08 Å². The quantitative estimate of drug-likeness (QED) is 0.804. The van der Waals surface area contributed by atoms with Gasteiger partial charge in [-0.05, 0) is 24.0 Å². The van der Waals surface area contributed by atoms with E-state index in [4.69, 9.17) is 11.6 Å². The van der Waals surface area contributed by atoms with Gasteiger partial charge in [-0.3, -0.25) is 0 Å². The fourth-order valence-corrected chi connectivity index (χ4v) is 2.11. The monoisotopic (exact) mass is 207 g/mol. The molecule has 1 N–H and O–H groups in total. The molecule has 0 fully saturated rings. The molecular weight excluding hydrogens is 194 g/mol. The lowest BCUT2D eigenvalue weighted by molar-refractivity contribution is 0.564. The van der Waals surface area contributed by atoms with Gasteiger partial charge >= 0.3 is 0 Å². The van der Waals surface area contributed by atoms with E-state index in [0.29, 0.717) is 6.04 Å². The van der Waals surface area contributed by atoms with Gasteiger partial charge in [0.25, 0.3) is 0 Å². The summed E-state index contributed by atoms with van der Waals surface area (Å²) in [4.78, 5) is 0. The number of nitrogens with one attached hydrogen (secondary N) is 1. The lowest BCUT2D eigenvalue weighted by atomic mass is 10.1. The SMILES string of the molecule is Cl/C=C\CN[C@H]1CCc2ccccc21. The normalized spacial score (nSPS) is 20.2. The van der Waals surface area contributed by atoms with Crippen molar-refractivity contribution in [1.29, 1.82) is 0 Å². The van der Waals surface area contributed by atoms with Crippen LogP contribution < -0.4 is 5.32 Å². The second-order valence-corrected chi connectivity index (χ2v) is 3.81. The molecule has 0 saturated carbocycles. The molecule has 14 heavy (non-hydrogen) atoms. The summed E-state index contributed by atoms with van der Waals surface area (Å²) < 4.78 is 0. The highest BCUT2D eigenvalue weighted by Gasteiger charge is 2.20. The first-order valence-electron chi connectivity index (χ1n) is 4.98. The molecule has 1 atom stereocenters. The Morgan fingerprint density at radius 3 is 3.14 bits per heavy atom. The third-order valence-corrected chi connectivity index (χ3v) is 2.88. The highest BCUT2D eigenvalue weighted by Crippen LogP contribution is 2.30. The Labute approximate surface area is 89.8 Å². The maximum absolute atomic E-state index is 5.47. The maximum atomic E-state index is 5.47. The van der Waals surface area contributed by atoms with Crippen LogP contribution >= 0.6 is 11.6 Å². The van der Waals surface area contributed by atoms with Gasteiger partial charge in [0.15, 0.2) is 0 Å². The zero-order valence-corrected chi connectivity index (χ0v) is 8.80. The summed E-state index contributed by atoms with van der Waals surface area (Å²) in [6, 6.07) is 9.16. The average molecular weight is 208 g/mol. The van der Waals surface area contributed by atoms with Crippen LogP contribution in [0.1, 0.15) is 23.6 Å².